The Kier molecular flexibility index (Phi) is 3.04. The Bertz CT molecular complexity index is 828. The van der Waals surface area contributed by atoms with E-state index in [1.165, 1.54) is 17.5 Å². The molecule has 2 atom stereocenters. The Morgan fingerprint density at radius 2 is 1.91 bits per heavy atom. The van der Waals surface area contributed by atoms with E-state index in [1.807, 2.05) is 10.6 Å². The number of anilines is 1. The van der Waals surface area contributed by atoms with Crippen LogP contribution in [-0.4, -0.2) is 31.2 Å². The van der Waals surface area contributed by atoms with Gasteiger partial charge in [0.05, 0.1) is 6.33 Å². The highest BCUT2D eigenvalue weighted by molar-refractivity contribution is 5.81. The van der Waals surface area contributed by atoms with Gasteiger partial charge >= 0.3 is 0 Å². The summed E-state index contributed by atoms with van der Waals surface area (Å²) >= 11 is 0. The number of nitrogen functional groups attached to an aromatic ring is 1. The number of fused-ring (bicyclic) bond motifs is 2. The minimum atomic E-state index is 0.188. The first-order valence-electron chi connectivity index (χ1n) is 7.39. The maximum atomic E-state index is 9.61. The van der Waals surface area contributed by atoms with E-state index in [0.29, 0.717) is 17.3 Å². The highest BCUT2D eigenvalue weighted by Crippen LogP contribution is 2.42. The zero-order valence-corrected chi connectivity index (χ0v) is 12.1. The van der Waals surface area contributed by atoms with Gasteiger partial charge in [-0.15, -0.1) is 0 Å². The molecule has 0 bridgehead atoms. The second-order valence-electron chi connectivity index (χ2n) is 5.77. The van der Waals surface area contributed by atoms with Gasteiger partial charge in [-0.05, 0) is 17.5 Å². The molecule has 112 valence electrons. The summed E-state index contributed by atoms with van der Waals surface area (Å²) in [6.45, 7) is 0.966. The number of aromatic nitrogens is 4. The number of nitrogens with zero attached hydrogens (tertiary/aromatic N) is 4. The fraction of sp³-hybridized carbons (Fsp3) is 0.312. The number of aliphatic hydroxyl groups is 1. The van der Waals surface area contributed by atoms with Crippen LogP contribution in [0.1, 0.15) is 29.4 Å². The fourth-order valence-corrected chi connectivity index (χ4v) is 3.47. The van der Waals surface area contributed by atoms with Crippen LogP contribution >= 0.6 is 0 Å². The molecule has 0 aliphatic heterocycles. The third-order valence-electron chi connectivity index (χ3n) is 4.51. The number of nitrogens with two attached hydrogens (primary N) is 1. The average Bonchev–Trinajstić information content (AvgIpc) is 3.11. The summed E-state index contributed by atoms with van der Waals surface area (Å²) < 4.78 is 2.02. The van der Waals surface area contributed by atoms with Gasteiger partial charge in [-0.1, -0.05) is 24.3 Å². The molecule has 4 rings (SSSR count). The molecule has 0 saturated carbocycles. The van der Waals surface area contributed by atoms with Gasteiger partial charge in [0.15, 0.2) is 11.5 Å². The molecular formula is C16H17N5O. The topological polar surface area (TPSA) is 89.9 Å². The van der Waals surface area contributed by atoms with Crippen molar-refractivity contribution in [1.82, 2.24) is 19.5 Å². The second kappa shape index (κ2) is 5.06. The minimum absolute atomic E-state index is 0.188. The van der Waals surface area contributed by atoms with Gasteiger partial charge in [0.2, 0.25) is 0 Å². The summed E-state index contributed by atoms with van der Waals surface area (Å²) in [5, 5.41) is 9.61. The number of rotatable bonds is 3. The van der Waals surface area contributed by atoms with E-state index in [1.54, 1.807) is 6.33 Å². The van der Waals surface area contributed by atoms with Crippen molar-refractivity contribution in [3.8, 4) is 0 Å². The van der Waals surface area contributed by atoms with Crippen molar-refractivity contribution in [2.24, 2.45) is 0 Å². The number of hydrogen-bond donors (Lipinski definition) is 2. The van der Waals surface area contributed by atoms with Gasteiger partial charge in [0, 0.05) is 25.0 Å². The van der Waals surface area contributed by atoms with Crippen LogP contribution in [0.15, 0.2) is 36.9 Å². The highest BCUT2D eigenvalue weighted by Gasteiger charge is 2.30. The molecule has 0 spiro atoms. The molecule has 1 aromatic carbocycles. The summed E-state index contributed by atoms with van der Waals surface area (Å²) in [5.41, 5.74) is 9.81. The van der Waals surface area contributed by atoms with Crippen molar-refractivity contribution in [2.75, 3.05) is 12.3 Å². The van der Waals surface area contributed by atoms with E-state index in [4.69, 9.17) is 5.73 Å². The molecular weight excluding hydrogens is 278 g/mol. The normalized spacial score (nSPS) is 20.4. The zero-order valence-electron chi connectivity index (χ0n) is 12.1. The van der Waals surface area contributed by atoms with Gasteiger partial charge in [-0.3, -0.25) is 0 Å². The lowest BCUT2D eigenvalue weighted by Gasteiger charge is -2.13. The highest BCUT2D eigenvalue weighted by atomic mass is 16.3. The van der Waals surface area contributed by atoms with Crippen molar-refractivity contribution in [3.63, 3.8) is 0 Å². The maximum Gasteiger partial charge on any atom is 0.165 e. The van der Waals surface area contributed by atoms with Crippen molar-refractivity contribution in [1.29, 1.82) is 0 Å². The Labute approximate surface area is 127 Å². The third-order valence-corrected chi connectivity index (χ3v) is 4.51. The zero-order chi connectivity index (χ0) is 15.1. The predicted octanol–water partition coefficient (Wildman–Crippen LogP) is 1.67. The predicted molar refractivity (Wildman–Crippen MR) is 83.4 cm³/mol. The molecule has 0 unspecified atom stereocenters. The SMILES string of the molecule is Nc1ncnc2c1ncn2C[C@H]1C[C@@H](CO)c2ccccc21. The lowest BCUT2D eigenvalue weighted by molar-refractivity contribution is 0.259. The first-order valence-corrected chi connectivity index (χ1v) is 7.39. The molecule has 22 heavy (non-hydrogen) atoms. The molecule has 3 aromatic rings. The third kappa shape index (κ3) is 1.95. The molecule has 1 aliphatic rings. The van der Waals surface area contributed by atoms with Crippen LogP contribution in [-0.2, 0) is 6.54 Å². The summed E-state index contributed by atoms with van der Waals surface area (Å²) in [6.07, 6.45) is 4.18. The van der Waals surface area contributed by atoms with E-state index < -0.39 is 0 Å². The van der Waals surface area contributed by atoms with Gasteiger partial charge in [0.25, 0.3) is 0 Å². The summed E-state index contributed by atoms with van der Waals surface area (Å²) in [6, 6.07) is 8.35. The Balaban J connectivity index is 1.70. The lowest BCUT2D eigenvalue weighted by atomic mass is 10.0. The fourth-order valence-electron chi connectivity index (χ4n) is 3.47. The second-order valence-corrected chi connectivity index (χ2v) is 5.77. The summed E-state index contributed by atoms with van der Waals surface area (Å²) in [4.78, 5) is 12.6. The van der Waals surface area contributed by atoms with E-state index in [-0.39, 0.29) is 12.5 Å². The van der Waals surface area contributed by atoms with Crippen LogP contribution in [0.2, 0.25) is 0 Å². The Hall–Kier alpha value is -2.47. The van der Waals surface area contributed by atoms with Crippen LogP contribution in [0.25, 0.3) is 11.2 Å². The van der Waals surface area contributed by atoms with Crippen LogP contribution in [0, 0.1) is 0 Å². The van der Waals surface area contributed by atoms with Gasteiger partial charge in [-0.2, -0.15) is 0 Å². The lowest BCUT2D eigenvalue weighted by Crippen LogP contribution is -2.07. The van der Waals surface area contributed by atoms with E-state index in [0.717, 1.165) is 18.6 Å². The molecule has 3 N–H and O–H groups in total. The van der Waals surface area contributed by atoms with Crippen LogP contribution in [0.5, 0.6) is 0 Å². The van der Waals surface area contributed by atoms with E-state index >= 15 is 0 Å². The monoisotopic (exact) mass is 295 g/mol. The van der Waals surface area contributed by atoms with Crippen molar-refractivity contribution < 1.29 is 5.11 Å². The number of imidazole rings is 1. The van der Waals surface area contributed by atoms with Gasteiger partial charge < -0.3 is 15.4 Å². The smallest absolute Gasteiger partial charge is 0.165 e. The molecule has 6 nitrogen and oxygen atoms in total. The summed E-state index contributed by atoms with van der Waals surface area (Å²) in [5.74, 6) is 0.974. The van der Waals surface area contributed by atoms with Gasteiger partial charge in [-0.25, -0.2) is 15.0 Å². The maximum absolute atomic E-state index is 9.61. The van der Waals surface area contributed by atoms with Gasteiger partial charge in [0.1, 0.15) is 11.8 Å². The molecule has 6 heteroatoms. The number of hydrogen-bond acceptors (Lipinski definition) is 5. The van der Waals surface area contributed by atoms with Crippen LogP contribution in [0.3, 0.4) is 0 Å². The standard InChI is InChI=1S/C16H17N5O/c17-15-14-16(19-8-18-15)21(9-20-14)6-10-5-11(7-22)13-4-2-1-3-12(10)13/h1-4,8-11,22H,5-7H2,(H2,17,18,19)/t10-,11+/m1/s1. The van der Waals surface area contributed by atoms with E-state index in [2.05, 4.69) is 33.2 Å². The van der Waals surface area contributed by atoms with Crippen molar-refractivity contribution in [2.45, 2.75) is 24.8 Å². The molecule has 0 radical (unpaired) electrons. The molecule has 0 amide bonds. The largest absolute Gasteiger partial charge is 0.396 e. The summed E-state index contributed by atoms with van der Waals surface area (Å²) in [7, 11) is 0. The minimum Gasteiger partial charge on any atom is -0.396 e. The average molecular weight is 295 g/mol. The first kappa shape index (κ1) is 13.2. The molecule has 2 aromatic heterocycles. The molecule has 0 saturated heterocycles. The molecule has 1 aliphatic carbocycles. The number of aliphatic hydroxyl groups excluding tert-OH is 1. The first-order chi connectivity index (χ1) is 10.8. The van der Waals surface area contributed by atoms with Crippen molar-refractivity contribution >= 4 is 17.0 Å². The molecule has 2 heterocycles. The Morgan fingerprint density at radius 3 is 2.68 bits per heavy atom. The Morgan fingerprint density at radius 1 is 1.14 bits per heavy atom. The quantitative estimate of drug-likeness (QED) is 0.767. The van der Waals surface area contributed by atoms with E-state index in [9.17, 15) is 5.11 Å². The molecule has 0 fully saturated rings. The number of benzene rings is 1. The van der Waals surface area contributed by atoms with Crippen LogP contribution in [0.4, 0.5) is 5.82 Å². The van der Waals surface area contributed by atoms with Crippen LogP contribution < -0.4 is 5.73 Å². The van der Waals surface area contributed by atoms with Crippen molar-refractivity contribution in [3.05, 3.63) is 48.0 Å².